The molecule has 0 aliphatic carbocycles. The Morgan fingerprint density at radius 1 is 0.907 bits per heavy atom. The standard InChI is InChI=1S/C39H64N8O5P2/c1-12-13-19-47(37(48)42-35-17-15-31(51-10)23-40-35)20-18-29-14-16-32-30(21-29)22-33(52-11)36(41-32)34(54(50)45(8)27-39(4,5)28-46(54)9)24-53(49)43(6)25-38(2,3)26-44(53)7/h14-17,21-23,34,49-50H,12-13,18-20,24-28H2,1-11H3,(H,40,42,48). The van der Waals surface area contributed by atoms with Gasteiger partial charge in [-0.25, -0.2) is 14.8 Å². The van der Waals surface area contributed by atoms with E-state index in [9.17, 15) is 14.6 Å². The minimum Gasteiger partial charge on any atom is -0.495 e. The van der Waals surface area contributed by atoms with E-state index in [0.29, 0.717) is 48.7 Å². The first-order valence-corrected chi connectivity index (χ1v) is 22.5. The van der Waals surface area contributed by atoms with E-state index in [1.165, 1.54) is 0 Å². The molecule has 3 N–H and O–H groups in total. The highest BCUT2D eigenvalue weighted by atomic mass is 31.2. The number of unbranched alkanes of at least 4 members (excludes halogenated alkanes) is 1. The van der Waals surface area contributed by atoms with E-state index >= 15 is 0 Å². The summed E-state index contributed by atoms with van der Waals surface area (Å²) in [6.45, 7) is 15.1. The van der Waals surface area contributed by atoms with Crippen LogP contribution in [0, 0.1) is 10.8 Å². The zero-order chi connectivity index (χ0) is 39.6. The molecule has 54 heavy (non-hydrogen) atoms. The molecule has 3 aromatic rings. The molecule has 300 valence electrons. The van der Waals surface area contributed by atoms with E-state index in [4.69, 9.17) is 14.5 Å². The summed E-state index contributed by atoms with van der Waals surface area (Å²) in [7, 11) is 5.35. The van der Waals surface area contributed by atoms with Crippen molar-refractivity contribution in [3.8, 4) is 11.5 Å². The molecule has 13 nitrogen and oxygen atoms in total. The van der Waals surface area contributed by atoms with Gasteiger partial charge in [-0.1, -0.05) is 47.1 Å². The molecular weight excluding hydrogens is 722 g/mol. The predicted molar refractivity (Wildman–Crippen MR) is 222 cm³/mol. The number of anilines is 1. The van der Waals surface area contributed by atoms with E-state index in [1.54, 1.807) is 32.5 Å². The predicted octanol–water partition coefficient (Wildman–Crippen LogP) is 6.88. The first-order valence-electron chi connectivity index (χ1n) is 19.0. The number of amides is 2. The summed E-state index contributed by atoms with van der Waals surface area (Å²) in [5.41, 5.74) is 2.02. The van der Waals surface area contributed by atoms with Gasteiger partial charge in [0.05, 0.1) is 37.3 Å². The van der Waals surface area contributed by atoms with Crippen molar-refractivity contribution in [3.05, 3.63) is 53.9 Å². The number of aromatic nitrogens is 2. The van der Waals surface area contributed by atoms with Gasteiger partial charge < -0.3 is 24.2 Å². The molecule has 1 unspecified atom stereocenters. The van der Waals surface area contributed by atoms with Crippen LogP contribution in [0.3, 0.4) is 0 Å². The number of hydrogen-bond acceptors (Lipinski definition) is 11. The van der Waals surface area contributed by atoms with E-state index < -0.39 is 21.2 Å². The van der Waals surface area contributed by atoms with Crippen LogP contribution in [0.2, 0.25) is 0 Å². The Balaban J connectivity index is 1.47. The maximum atomic E-state index is 13.3. The highest BCUT2D eigenvalue weighted by Crippen LogP contribution is 2.78. The number of rotatable bonds is 13. The van der Waals surface area contributed by atoms with Crippen LogP contribution in [0.1, 0.15) is 64.4 Å². The summed E-state index contributed by atoms with van der Waals surface area (Å²) in [5, 5.41) is 3.84. The van der Waals surface area contributed by atoms with E-state index in [0.717, 1.165) is 55.5 Å². The van der Waals surface area contributed by atoms with Crippen LogP contribution < -0.4 is 14.8 Å². The van der Waals surface area contributed by atoms with Crippen LogP contribution in [0.4, 0.5) is 10.6 Å². The van der Waals surface area contributed by atoms with Crippen LogP contribution in [-0.2, 0) is 6.42 Å². The van der Waals surface area contributed by atoms with Crippen molar-refractivity contribution < 1.29 is 24.1 Å². The smallest absolute Gasteiger partial charge is 0.323 e. The molecule has 2 aliphatic heterocycles. The monoisotopic (exact) mass is 786 g/mol. The molecule has 0 spiro atoms. The van der Waals surface area contributed by atoms with E-state index in [2.05, 4.69) is 75.7 Å². The highest BCUT2D eigenvalue weighted by molar-refractivity contribution is 7.70. The van der Waals surface area contributed by atoms with Crippen molar-refractivity contribution in [2.24, 2.45) is 10.8 Å². The summed E-state index contributed by atoms with van der Waals surface area (Å²) >= 11 is 0. The van der Waals surface area contributed by atoms with Crippen LogP contribution in [0.25, 0.3) is 10.9 Å². The second-order valence-electron chi connectivity index (χ2n) is 16.8. The maximum absolute atomic E-state index is 13.3. The highest BCUT2D eigenvalue weighted by Gasteiger charge is 2.55. The summed E-state index contributed by atoms with van der Waals surface area (Å²) < 4.78 is 19.8. The average Bonchev–Trinajstić information content (AvgIpc) is 3.11. The first-order chi connectivity index (χ1) is 25.4. The number of hydrogen-bond donors (Lipinski definition) is 3. The number of carbonyl (C=O) groups is 1. The van der Waals surface area contributed by atoms with Gasteiger partial charge in [0.2, 0.25) is 0 Å². The zero-order valence-corrected chi connectivity index (χ0v) is 36.1. The van der Waals surface area contributed by atoms with Crippen LogP contribution in [-0.4, -0.2) is 137 Å². The number of pyridine rings is 2. The maximum Gasteiger partial charge on any atom is 0.323 e. The molecule has 2 aromatic heterocycles. The lowest BCUT2D eigenvalue weighted by Crippen LogP contribution is -2.52. The van der Waals surface area contributed by atoms with Crippen molar-refractivity contribution in [2.45, 2.75) is 59.5 Å². The molecule has 1 aromatic carbocycles. The third-order valence-electron chi connectivity index (χ3n) is 10.9. The molecule has 5 rings (SSSR count). The van der Waals surface area contributed by atoms with Crippen molar-refractivity contribution in [3.63, 3.8) is 0 Å². The van der Waals surface area contributed by atoms with Crippen molar-refractivity contribution >= 4 is 38.3 Å². The third kappa shape index (κ3) is 9.11. The number of fused-ring (bicyclic) bond motifs is 1. The third-order valence-corrected chi connectivity index (χ3v) is 18.1. The molecule has 2 amide bonds. The summed E-state index contributed by atoms with van der Waals surface area (Å²) in [6, 6.07) is 11.5. The largest absolute Gasteiger partial charge is 0.495 e. The summed E-state index contributed by atoms with van der Waals surface area (Å²) in [4.78, 5) is 50.4. The Bertz CT molecular complexity index is 1730. The number of nitrogens with one attached hydrogen (secondary N) is 1. The van der Waals surface area contributed by atoms with Gasteiger partial charge in [-0.15, -0.1) is 0 Å². The van der Waals surface area contributed by atoms with Crippen molar-refractivity contribution in [1.29, 1.82) is 0 Å². The second kappa shape index (κ2) is 16.8. The Hall–Kier alpha value is -2.73. The lowest BCUT2D eigenvalue weighted by atomic mass is 9.93. The molecular formula is C39H64N8O5P2. The number of methoxy groups -OCH3 is 2. The normalized spacial score (nSPS) is 20.8. The molecule has 1 atom stereocenters. The Morgan fingerprint density at radius 2 is 1.54 bits per heavy atom. The van der Waals surface area contributed by atoms with Gasteiger partial charge in [0.15, 0.2) is 0 Å². The fraction of sp³-hybridized carbons (Fsp3) is 0.615. The van der Waals surface area contributed by atoms with Gasteiger partial charge in [-0.2, -0.15) is 0 Å². The van der Waals surface area contributed by atoms with Gasteiger partial charge in [0.25, 0.3) is 0 Å². The Labute approximate surface area is 324 Å². The van der Waals surface area contributed by atoms with Crippen molar-refractivity contribution in [1.82, 2.24) is 33.5 Å². The molecule has 4 heterocycles. The molecule has 2 fully saturated rings. The SMILES string of the molecule is CCCCN(CCc1ccc2nc(C(C[P]3(O)N(C)CC(C)(C)CN3C)[P]3(O)N(C)CC(C)(C)CN3C)c(OC)cc2c1)C(=O)Nc1ccc(OC)cn1. The average molecular weight is 787 g/mol. The van der Waals surface area contributed by atoms with Gasteiger partial charge in [-0.3, -0.25) is 24.0 Å². The second-order valence-corrected chi connectivity index (χ2v) is 23.1. The number of urea groups is 1. The van der Waals surface area contributed by atoms with Gasteiger partial charge in [0.1, 0.15) is 32.9 Å². The number of nitrogens with zero attached hydrogens (tertiary/aromatic N) is 7. The number of carbonyl (C=O) groups excluding carboxylic acids is 1. The summed E-state index contributed by atoms with van der Waals surface area (Å²) in [5.74, 6) is 1.69. The van der Waals surface area contributed by atoms with E-state index in [-0.39, 0.29) is 16.9 Å². The topological polar surface area (TPSA) is 130 Å². The van der Waals surface area contributed by atoms with Gasteiger partial charge >= 0.3 is 6.03 Å². The first kappa shape index (κ1) is 42.4. The molecule has 2 radical (unpaired) electrons. The lowest BCUT2D eigenvalue weighted by Gasteiger charge is -2.60. The lowest BCUT2D eigenvalue weighted by molar-refractivity contribution is 0.162. The Kier molecular flexibility index (Phi) is 13.2. The number of benzene rings is 1. The fourth-order valence-corrected chi connectivity index (χ4v) is 16.0. The molecule has 2 saturated heterocycles. The van der Waals surface area contributed by atoms with Crippen LogP contribution >= 0.6 is 15.6 Å². The number of ether oxygens (including phenoxy) is 2. The van der Waals surface area contributed by atoms with Gasteiger partial charge in [-0.05, 0) is 87.8 Å². The molecule has 0 bridgehead atoms. The molecule has 2 aliphatic rings. The van der Waals surface area contributed by atoms with Crippen LogP contribution in [0.15, 0.2) is 42.6 Å². The van der Waals surface area contributed by atoms with Crippen molar-refractivity contribution in [2.75, 3.05) is 93.2 Å². The summed E-state index contributed by atoms with van der Waals surface area (Å²) in [6.07, 6.45) is 4.45. The minimum absolute atomic E-state index is 0.0148. The zero-order valence-electron chi connectivity index (χ0n) is 34.3. The van der Waals surface area contributed by atoms with Crippen LogP contribution in [0.5, 0.6) is 11.5 Å². The quantitative estimate of drug-likeness (QED) is 0.157. The van der Waals surface area contributed by atoms with E-state index in [1.807, 2.05) is 45.2 Å². The fourth-order valence-electron chi connectivity index (χ4n) is 8.35. The minimum atomic E-state index is -3.07. The molecule has 15 heteroatoms. The van der Waals surface area contributed by atoms with Gasteiger partial charge in [0, 0.05) is 50.8 Å². The Morgan fingerprint density at radius 3 is 2.09 bits per heavy atom. The molecule has 0 saturated carbocycles.